The van der Waals surface area contributed by atoms with Crippen LogP contribution in [-0.2, 0) is 0 Å². The van der Waals surface area contributed by atoms with Crippen molar-refractivity contribution in [2.24, 2.45) is 0 Å². The Labute approximate surface area is 100 Å². The van der Waals surface area contributed by atoms with Crippen LogP contribution < -0.4 is 10.1 Å². The molecule has 0 spiro atoms. The van der Waals surface area contributed by atoms with Crippen molar-refractivity contribution in [3.05, 3.63) is 42.1 Å². The van der Waals surface area contributed by atoms with Crippen molar-refractivity contribution < 1.29 is 4.74 Å². The summed E-state index contributed by atoms with van der Waals surface area (Å²) in [4.78, 5) is 11.5. The Kier molecular flexibility index (Phi) is 3.72. The molecule has 2 aromatic heterocycles. The van der Waals surface area contributed by atoms with Gasteiger partial charge in [-0.25, -0.2) is 9.97 Å². The highest BCUT2D eigenvalue weighted by Crippen LogP contribution is 2.20. The summed E-state index contributed by atoms with van der Waals surface area (Å²) < 4.78 is 5.11. The average molecular weight is 232 g/mol. The summed E-state index contributed by atoms with van der Waals surface area (Å²) in [5, 5.41) is 3.38. The molecular formula is C12H16N4O. The van der Waals surface area contributed by atoms with Gasteiger partial charge in [0.05, 0.1) is 18.8 Å². The second-order valence-electron chi connectivity index (χ2n) is 3.60. The number of aromatic nitrogens is 3. The number of methoxy groups -OCH3 is 1. The van der Waals surface area contributed by atoms with Crippen LogP contribution in [0.15, 0.2) is 30.7 Å². The summed E-state index contributed by atoms with van der Waals surface area (Å²) in [7, 11) is 1.60. The van der Waals surface area contributed by atoms with E-state index >= 15 is 0 Å². The third kappa shape index (κ3) is 2.62. The molecule has 2 N–H and O–H groups in total. The first kappa shape index (κ1) is 11.6. The largest absolute Gasteiger partial charge is 0.481 e. The molecule has 1 atom stereocenters. The standard InChI is InChI=1S/C12H16N4O/c1-3-13-12(9-5-4-6-14-9)10-7-11(17-2)16-8-15-10/h4-8,12-14H,3H2,1-2H3. The quantitative estimate of drug-likeness (QED) is 0.820. The summed E-state index contributed by atoms with van der Waals surface area (Å²) in [6.45, 7) is 2.92. The van der Waals surface area contributed by atoms with E-state index < -0.39 is 0 Å². The first-order valence-electron chi connectivity index (χ1n) is 5.57. The molecule has 5 nitrogen and oxygen atoms in total. The van der Waals surface area contributed by atoms with Gasteiger partial charge in [-0.1, -0.05) is 6.92 Å². The number of aromatic amines is 1. The number of rotatable bonds is 5. The van der Waals surface area contributed by atoms with Gasteiger partial charge in [-0.15, -0.1) is 0 Å². The van der Waals surface area contributed by atoms with Gasteiger partial charge in [-0.2, -0.15) is 0 Å². The minimum Gasteiger partial charge on any atom is -0.481 e. The third-order valence-corrected chi connectivity index (χ3v) is 2.51. The van der Waals surface area contributed by atoms with Crippen LogP contribution in [0.5, 0.6) is 5.88 Å². The van der Waals surface area contributed by atoms with Gasteiger partial charge in [0.25, 0.3) is 0 Å². The second-order valence-corrected chi connectivity index (χ2v) is 3.60. The summed E-state index contributed by atoms with van der Waals surface area (Å²) in [5.74, 6) is 0.574. The molecule has 2 rings (SSSR count). The minimum atomic E-state index is 0.0342. The van der Waals surface area contributed by atoms with Gasteiger partial charge in [-0.3, -0.25) is 0 Å². The van der Waals surface area contributed by atoms with Crippen LogP contribution in [-0.4, -0.2) is 28.6 Å². The van der Waals surface area contributed by atoms with Crippen LogP contribution in [0.25, 0.3) is 0 Å². The van der Waals surface area contributed by atoms with E-state index in [2.05, 4.69) is 27.2 Å². The molecule has 2 heterocycles. The summed E-state index contributed by atoms with van der Waals surface area (Å²) in [6, 6.07) is 5.88. The van der Waals surface area contributed by atoms with Gasteiger partial charge in [0.1, 0.15) is 6.33 Å². The predicted molar refractivity (Wildman–Crippen MR) is 64.9 cm³/mol. The molecule has 2 aromatic rings. The van der Waals surface area contributed by atoms with Crippen molar-refractivity contribution in [2.45, 2.75) is 13.0 Å². The Balaban J connectivity index is 2.32. The molecule has 0 bridgehead atoms. The Morgan fingerprint density at radius 2 is 2.35 bits per heavy atom. The lowest BCUT2D eigenvalue weighted by Crippen LogP contribution is -2.23. The van der Waals surface area contributed by atoms with E-state index in [0.29, 0.717) is 5.88 Å². The summed E-state index contributed by atoms with van der Waals surface area (Å²) in [5.41, 5.74) is 1.97. The molecule has 0 amide bonds. The van der Waals surface area contributed by atoms with E-state index in [1.54, 1.807) is 7.11 Å². The second kappa shape index (κ2) is 5.45. The number of ether oxygens (including phenoxy) is 1. The topological polar surface area (TPSA) is 62.8 Å². The molecule has 0 fully saturated rings. The van der Waals surface area contributed by atoms with Crippen LogP contribution >= 0.6 is 0 Å². The smallest absolute Gasteiger partial charge is 0.216 e. The van der Waals surface area contributed by atoms with E-state index in [9.17, 15) is 0 Å². The van der Waals surface area contributed by atoms with E-state index in [4.69, 9.17) is 4.74 Å². The zero-order chi connectivity index (χ0) is 12.1. The molecule has 0 aromatic carbocycles. The van der Waals surface area contributed by atoms with Crippen molar-refractivity contribution >= 4 is 0 Å². The predicted octanol–water partition coefficient (Wildman–Crippen LogP) is 1.51. The summed E-state index contributed by atoms with van der Waals surface area (Å²) in [6.07, 6.45) is 3.42. The molecule has 0 aliphatic rings. The third-order valence-electron chi connectivity index (χ3n) is 2.51. The van der Waals surface area contributed by atoms with E-state index in [1.165, 1.54) is 6.33 Å². The van der Waals surface area contributed by atoms with Crippen LogP contribution in [0, 0.1) is 0 Å². The highest BCUT2D eigenvalue weighted by Gasteiger charge is 2.15. The molecule has 0 saturated carbocycles. The van der Waals surface area contributed by atoms with Gasteiger partial charge in [0, 0.05) is 18.0 Å². The fourth-order valence-electron chi connectivity index (χ4n) is 1.72. The van der Waals surface area contributed by atoms with E-state index in [-0.39, 0.29) is 6.04 Å². The first-order valence-corrected chi connectivity index (χ1v) is 5.57. The van der Waals surface area contributed by atoms with Crippen molar-refractivity contribution in [2.75, 3.05) is 13.7 Å². The first-order chi connectivity index (χ1) is 8.35. The maximum absolute atomic E-state index is 5.11. The Morgan fingerprint density at radius 1 is 1.47 bits per heavy atom. The minimum absolute atomic E-state index is 0.0342. The van der Waals surface area contributed by atoms with Crippen molar-refractivity contribution in [3.8, 4) is 5.88 Å². The highest BCUT2D eigenvalue weighted by molar-refractivity contribution is 5.25. The Hall–Kier alpha value is -1.88. The zero-order valence-electron chi connectivity index (χ0n) is 9.97. The van der Waals surface area contributed by atoms with Gasteiger partial charge in [0.2, 0.25) is 5.88 Å². The monoisotopic (exact) mass is 232 g/mol. The number of hydrogen-bond donors (Lipinski definition) is 2. The molecule has 17 heavy (non-hydrogen) atoms. The van der Waals surface area contributed by atoms with Crippen molar-refractivity contribution in [3.63, 3.8) is 0 Å². The molecule has 0 aliphatic heterocycles. The fourth-order valence-corrected chi connectivity index (χ4v) is 1.72. The molecule has 90 valence electrons. The lowest BCUT2D eigenvalue weighted by atomic mass is 10.1. The molecule has 0 aliphatic carbocycles. The van der Waals surface area contributed by atoms with Gasteiger partial charge in [-0.05, 0) is 18.7 Å². The summed E-state index contributed by atoms with van der Waals surface area (Å²) >= 11 is 0. The fraction of sp³-hybridized carbons (Fsp3) is 0.333. The SMILES string of the molecule is CCNC(c1cc(OC)ncn1)c1ccc[nH]1. The number of nitrogens with one attached hydrogen (secondary N) is 2. The Bertz CT molecular complexity index is 455. The zero-order valence-corrected chi connectivity index (χ0v) is 9.97. The molecular weight excluding hydrogens is 216 g/mol. The van der Waals surface area contributed by atoms with Gasteiger partial charge >= 0.3 is 0 Å². The Morgan fingerprint density at radius 3 is 3.00 bits per heavy atom. The average Bonchev–Trinajstić information content (AvgIpc) is 2.89. The van der Waals surface area contributed by atoms with E-state index in [0.717, 1.165) is 17.9 Å². The maximum Gasteiger partial charge on any atom is 0.216 e. The number of nitrogens with zero attached hydrogens (tertiary/aromatic N) is 2. The maximum atomic E-state index is 5.11. The number of H-pyrrole nitrogens is 1. The van der Waals surface area contributed by atoms with Crippen molar-refractivity contribution in [1.82, 2.24) is 20.3 Å². The van der Waals surface area contributed by atoms with Crippen LogP contribution in [0.3, 0.4) is 0 Å². The van der Waals surface area contributed by atoms with Gasteiger partial charge in [0.15, 0.2) is 0 Å². The molecule has 0 saturated heterocycles. The molecule has 1 unspecified atom stereocenters. The van der Waals surface area contributed by atoms with Crippen LogP contribution in [0.4, 0.5) is 0 Å². The molecule has 5 heteroatoms. The lowest BCUT2D eigenvalue weighted by molar-refractivity contribution is 0.395. The van der Waals surface area contributed by atoms with Crippen LogP contribution in [0.2, 0.25) is 0 Å². The van der Waals surface area contributed by atoms with Crippen molar-refractivity contribution in [1.29, 1.82) is 0 Å². The highest BCUT2D eigenvalue weighted by atomic mass is 16.5. The lowest BCUT2D eigenvalue weighted by Gasteiger charge is -2.16. The van der Waals surface area contributed by atoms with Gasteiger partial charge < -0.3 is 15.0 Å². The van der Waals surface area contributed by atoms with Crippen LogP contribution in [0.1, 0.15) is 24.4 Å². The molecule has 0 radical (unpaired) electrons. The normalized spacial score (nSPS) is 12.4. The number of hydrogen-bond acceptors (Lipinski definition) is 4. The van der Waals surface area contributed by atoms with E-state index in [1.807, 2.05) is 24.4 Å².